The molecule has 0 aliphatic rings. The molecule has 0 heterocycles. The number of anilines is 1. The predicted molar refractivity (Wildman–Crippen MR) is 75.1 cm³/mol. The highest BCUT2D eigenvalue weighted by Gasteiger charge is 2.13. The number of nitro benzene ring substituents is 1. The normalized spacial score (nSPS) is 11.1. The Kier molecular flexibility index (Phi) is 5.47. The number of nitro groups is 1. The van der Waals surface area contributed by atoms with Gasteiger partial charge in [-0.15, -0.1) is 0 Å². The zero-order valence-corrected chi connectivity index (χ0v) is 10.9. The zero-order chi connectivity index (χ0) is 14.3. The number of amides is 1. The maximum atomic E-state index is 11.5. The quantitative estimate of drug-likeness (QED) is 0.382. The van der Waals surface area contributed by atoms with Crippen molar-refractivity contribution in [3.63, 3.8) is 0 Å². The molecular formula is C14H16N2O3. The Morgan fingerprint density at radius 2 is 2.16 bits per heavy atom. The largest absolute Gasteiger partial charge is 0.322 e. The molecule has 19 heavy (non-hydrogen) atoms. The summed E-state index contributed by atoms with van der Waals surface area (Å²) < 4.78 is 0. The number of hydrogen-bond donors (Lipinski definition) is 1. The van der Waals surface area contributed by atoms with E-state index in [-0.39, 0.29) is 11.6 Å². The molecule has 0 spiro atoms. The van der Waals surface area contributed by atoms with Gasteiger partial charge in [0.25, 0.3) is 5.69 Å². The molecule has 1 aromatic carbocycles. The van der Waals surface area contributed by atoms with E-state index in [1.165, 1.54) is 12.1 Å². The third-order valence-corrected chi connectivity index (χ3v) is 2.48. The minimum Gasteiger partial charge on any atom is -0.322 e. The first-order valence-corrected chi connectivity index (χ1v) is 5.96. The van der Waals surface area contributed by atoms with E-state index in [1.807, 2.05) is 13.8 Å². The van der Waals surface area contributed by atoms with Crippen LogP contribution >= 0.6 is 0 Å². The molecule has 5 heteroatoms. The van der Waals surface area contributed by atoms with Gasteiger partial charge < -0.3 is 5.32 Å². The van der Waals surface area contributed by atoms with Crippen molar-refractivity contribution in [3.8, 4) is 0 Å². The summed E-state index contributed by atoms with van der Waals surface area (Å²) >= 11 is 0. The first kappa shape index (κ1) is 14.6. The Balaban J connectivity index is 2.88. The van der Waals surface area contributed by atoms with Crippen LogP contribution < -0.4 is 5.32 Å². The number of carbonyl (C=O) groups is 1. The van der Waals surface area contributed by atoms with Crippen LogP contribution in [-0.4, -0.2) is 10.8 Å². The fourth-order valence-electron chi connectivity index (χ4n) is 1.55. The maximum Gasteiger partial charge on any atom is 0.274 e. The standard InChI is InChI=1S/C14H16N2O3/c1-3-5-6-7-14(17)15-12-9-8-11(4-2)13(10-12)16(18)19/h3,5-10H,4H2,1-2H3,(H,15,17)/b5-3+,7-6+. The minimum atomic E-state index is -0.440. The molecule has 0 saturated heterocycles. The lowest BCUT2D eigenvalue weighted by Gasteiger charge is -2.04. The summed E-state index contributed by atoms with van der Waals surface area (Å²) in [6.45, 7) is 3.69. The van der Waals surface area contributed by atoms with Gasteiger partial charge in [-0.2, -0.15) is 0 Å². The SMILES string of the molecule is C/C=C/C=C/C(=O)Nc1ccc(CC)c([N+](=O)[O-])c1. The number of rotatable bonds is 5. The molecule has 0 aliphatic heterocycles. The molecule has 1 N–H and O–H groups in total. The summed E-state index contributed by atoms with van der Waals surface area (Å²) in [6, 6.07) is 4.69. The van der Waals surface area contributed by atoms with E-state index in [0.717, 1.165) is 0 Å². The van der Waals surface area contributed by atoms with Crippen LogP contribution in [0.3, 0.4) is 0 Å². The van der Waals surface area contributed by atoms with Crippen molar-refractivity contribution in [2.75, 3.05) is 5.32 Å². The van der Waals surface area contributed by atoms with Crippen LogP contribution in [0.25, 0.3) is 0 Å². The molecule has 100 valence electrons. The lowest BCUT2D eigenvalue weighted by atomic mass is 10.1. The molecule has 0 fully saturated rings. The van der Waals surface area contributed by atoms with E-state index >= 15 is 0 Å². The molecule has 0 bridgehead atoms. The van der Waals surface area contributed by atoms with Crippen LogP contribution in [0.1, 0.15) is 19.4 Å². The second-order valence-electron chi connectivity index (χ2n) is 3.83. The van der Waals surface area contributed by atoms with Gasteiger partial charge >= 0.3 is 0 Å². The summed E-state index contributed by atoms with van der Waals surface area (Å²) in [6.07, 6.45) is 7.06. The number of hydrogen-bond acceptors (Lipinski definition) is 3. The van der Waals surface area contributed by atoms with Crippen LogP contribution in [0.15, 0.2) is 42.5 Å². The minimum absolute atomic E-state index is 0.0257. The fraction of sp³-hybridized carbons (Fsp3) is 0.214. The Hall–Kier alpha value is -2.43. The first-order valence-electron chi connectivity index (χ1n) is 5.96. The lowest BCUT2D eigenvalue weighted by molar-refractivity contribution is -0.385. The lowest BCUT2D eigenvalue weighted by Crippen LogP contribution is -2.08. The number of carbonyl (C=O) groups excluding carboxylic acids is 1. The molecule has 0 radical (unpaired) electrons. The van der Waals surface area contributed by atoms with Crippen LogP contribution in [0.4, 0.5) is 11.4 Å². The van der Waals surface area contributed by atoms with Gasteiger partial charge in [0, 0.05) is 23.4 Å². The first-order chi connectivity index (χ1) is 9.08. The molecular weight excluding hydrogens is 244 g/mol. The second kappa shape index (κ2) is 7.10. The molecule has 0 aliphatic carbocycles. The van der Waals surface area contributed by atoms with Crippen LogP contribution in [-0.2, 0) is 11.2 Å². The number of nitrogens with one attached hydrogen (secondary N) is 1. The third-order valence-electron chi connectivity index (χ3n) is 2.48. The van der Waals surface area contributed by atoms with Gasteiger partial charge in [-0.05, 0) is 19.4 Å². The van der Waals surface area contributed by atoms with Gasteiger partial charge in [-0.25, -0.2) is 0 Å². The van der Waals surface area contributed by atoms with Gasteiger partial charge in [0.2, 0.25) is 5.91 Å². The van der Waals surface area contributed by atoms with E-state index < -0.39 is 4.92 Å². The summed E-state index contributed by atoms with van der Waals surface area (Å²) in [4.78, 5) is 22.0. The molecule has 1 rings (SSSR count). The smallest absolute Gasteiger partial charge is 0.274 e. The average Bonchev–Trinajstić information content (AvgIpc) is 2.39. The van der Waals surface area contributed by atoms with Gasteiger partial charge in [0.05, 0.1) is 4.92 Å². The molecule has 0 saturated carbocycles. The number of benzene rings is 1. The Labute approximate surface area is 111 Å². The topological polar surface area (TPSA) is 72.2 Å². The van der Waals surface area contributed by atoms with Crippen LogP contribution in [0.5, 0.6) is 0 Å². The number of allylic oxidation sites excluding steroid dienone is 3. The van der Waals surface area contributed by atoms with Crippen molar-refractivity contribution in [2.24, 2.45) is 0 Å². The van der Waals surface area contributed by atoms with E-state index in [2.05, 4.69) is 5.32 Å². The molecule has 1 amide bonds. The number of aryl methyl sites for hydroxylation is 1. The van der Waals surface area contributed by atoms with Crippen LogP contribution in [0.2, 0.25) is 0 Å². The van der Waals surface area contributed by atoms with E-state index in [4.69, 9.17) is 0 Å². The van der Waals surface area contributed by atoms with Gasteiger partial charge in [0.1, 0.15) is 0 Å². The van der Waals surface area contributed by atoms with Gasteiger partial charge in [-0.3, -0.25) is 14.9 Å². The van der Waals surface area contributed by atoms with E-state index in [9.17, 15) is 14.9 Å². The van der Waals surface area contributed by atoms with Crippen molar-refractivity contribution in [3.05, 3.63) is 58.2 Å². The molecule has 0 unspecified atom stereocenters. The van der Waals surface area contributed by atoms with Gasteiger partial charge in [0.15, 0.2) is 0 Å². The summed E-state index contributed by atoms with van der Waals surface area (Å²) in [5.74, 6) is -0.323. The monoisotopic (exact) mass is 260 g/mol. The van der Waals surface area contributed by atoms with Crippen molar-refractivity contribution < 1.29 is 9.72 Å². The third kappa shape index (κ3) is 4.39. The molecule has 0 aromatic heterocycles. The molecule has 0 atom stereocenters. The predicted octanol–water partition coefficient (Wildman–Crippen LogP) is 3.23. The Bertz CT molecular complexity index is 533. The highest BCUT2D eigenvalue weighted by molar-refractivity contribution is 5.99. The zero-order valence-electron chi connectivity index (χ0n) is 10.9. The van der Waals surface area contributed by atoms with Crippen molar-refractivity contribution in [2.45, 2.75) is 20.3 Å². The second-order valence-corrected chi connectivity index (χ2v) is 3.83. The van der Waals surface area contributed by atoms with Crippen molar-refractivity contribution >= 4 is 17.3 Å². The maximum absolute atomic E-state index is 11.5. The van der Waals surface area contributed by atoms with Crippen molar-refractivity contribution in [1.29, 1.82) is 0 Å². The van der Waals surface area contributed by atoms with Crippen LogP contribution in [0, 0.1) is 10.1 Å². The Morgan fingerprint density at radius 1 is 1.42 bits per heavy atom. The van der Waals surface area contributed by atoms with E-state index in [1.54, 1.807) is 30.4 Å². The summed E-state index contributed by atoms with van der Waals surface area (Å²) in [7, 11) is 0. The molecule has 5 nitrogen and oxygen atoms in total. The number of nitrogens with zero attached hydrogens (tertiary/aromatic N) is 1. The summed E-state index contributed by atoms with van der Waals surface area (Å²) in [5, 5.41) is 13.5. The molecule has 1 aromatic rings. The Morgan fingerprint density at radius 3 is 2.74 bits per heavy atom. The highest BCUT2D eigenvalue weighted by Crippen LogP contribution is 2.23. The summed E-state index contributed by atoms with van der Waals surface area (Å²) in [5.41, 5.74) is 1.09. The fourth-order valence-corrected chi connectivity index (χ4v) is 1.55. The highest BCUT2D eigenvalue weighted by atomic mass is 16.6. The average molecular weight is 260 g/mol. The van der Waals surface area contributed by atoms with Gasteiger partial charge in [-0.1, -0.05) is 31.2 Å². The van der Waals surface area contributed by atoms with Crippen molar-refractivity contribution in [1.82, 2.24) is 0 Å². The van der Waals surface area contributed by atoms with E-state index in [0.29, 0.717) is 17.7 Å².